The van der Waals surface area contributed by atoms with Crippen molar-refractivity contribution in [1.82, 2.24) is 10.2 Å². The van der Waals surface area contributed by atoms with Crippen LogP contribution in [0.25, 0.3) is 0 Å². The molecule has 0 spiro atoms. The smallest absolute Gasteiger partial charge is 0.219 e. The molecule has 2 N–H and O–H groups in total. The van der Waals surface area contributed by atoms with Gasteiger partial charge in [0.1, 0.15) is 0 Å². The summed E-state index contributed by atoms with van der Waals surface area (Å²) in [6, 6.07) is -0.0266. The molecule has 4 heteroatoms. The van der Waals surface area contributed by atoms with E-state index in [2.05, 4.69) is 5.32 Å². The largest absolute Gasteiger partial charge is 0.394 e. The number of aliphatic hydroxyl groups excluding tert-OH is 1. The summed E-state index contributed by atoms with van der Waals surface area (Å²) < 4.78 is 0. The SMILES string of the molecule is CC(=O)N1CCNCC1CO. The first-order valence-electron chi connectivity index (χ1n) is 3.84. The summed E-state index contributed by atoms with van der Waals surface area (Å²) in [6.07, 6.45) is 0. The topological polar surface area (TPSA) is 52.6 Å². The third-order valence-electron chi connectivity index (χ3n) is 1.97. The zero-order chi connectivity index (χ0) is 8.27. The average molecular weight is 158 g/mol. The maximum Gasteiger partial charge on any atom is 0.219 e. The highest BCUT2D eigenvalue weighted by Gasteiger charge is 2.22. The van der Waals surface area contributed by atoms with Gasteiger partial charge in [0.25, 0.3) is 0 Å². The van der Waals surface area contributed by atoms with Gasteiger partial charge in [-0.2, -0.15) is 0 Å². The molecular formula is C7H14N2O2. The Morgan fingerprint density at radius 3 is 3.00 bits per heavy atom. The van der Waals surface area contributed by atoms with Crippen molar-refractivity contribution in [2.45, 2.75) is 13.0 Å². The highest BCUT2D eigenvalue weighted by molar-refractivity contribution is 5.73. The molecule has 0 aromatic rings. The molecular weight excluding hydrogens is 144 g/mol. The number of nitrogens with one attached hydrogen (secondary N) is 1. The number of nitrogens with zero attached hydrogens (tertiary/aromatic N) is 1. The number of piperazine rings is 1. The van der Waals surface area contributed by atoms with Crippen LogP contribution < -0.4 is 5.32 Å². The molecule has 0 radical (unpaired) electrons. The highest BCUT2D eigenvalue weighted by Crippen LogP contribution is 2.01. The van der Waals surface area contributed by atoms with E-state index < -0.39 is 0 Å². The van der Waals surface area contributed by atoms with Crippen LogP contribution in [0.4, 0.5) is 0 Å². The van der Waals surface area contributed by atoms with Crippen molar-refractivity contribution in [3.63, 3.8) is 0 Å². The average Bonchev–Trinajstić information content (AvgIpc) is 2.04. The number of carbonyl (C=O) groups is 1. The Bertz CT molecular complexity index is 149. The predicted octanol–water partition coefficient (Wildman–Crippen LogP) is -1.20. The Morgan fingerprint density at radius 1 is 1.82 bits per heavy atom. The van der Waals surface area contributed by atoms with Gasteiger partial charge >= 0.3 is 0 Å². The molecule has 1 amide bonds. The summed E-state index contributed by atoms with van der Waals surface area (Å²) >= 11 is 0. The van der Waals surface area contributed by atoms with Crippen LogP contribution in [0.5, 0.6) is 0 Å². The lowest BCUT2D eigenvalue weighted by atomic mass is 10.2. The predicted molar refractivity (Wildman–Crippen MR) is 41.1 cm³/mol. The van der Waals surface area contributed by atoms with Crippen LogP contribution >= 0.6 is 0 Å². The summed E-state index contributed by atoms with van der Waals surface area (Å²) in [6.45, 7) is 3.83. The van der Waals surface area contributed by atoms with Crippen LogP contribution in [-0.4, -0.2) is 48.2 Å². The first-order chi connectivity index (χ1) is 5.25. The minimum atomic E-state index is -0.0266. The molecule has 11 heavy (non-hydrogen) atoms. The normalized spacial score (nSPS) is 25.3. The number of rotatable bonds is 1. The molecule has 0 saturated carbocycles. The molecule has 1 unspecified atom stereocenters. The Morgan fingerprint density at radius 2 is 2.55 bits per heavy atom. The van der Waals surface area contributed by atoms with Crippen LogP contribution in [0.15, 0.2) is 0 Å². The fraction of sp³-hybridized carbons (Fsp3) is 0.857. The molecule has 64 valence electrons. The van der Waals surface area contributed by atoms with Gasteiger partial charge in [0, 0.05) is 26.6 Å². The monoisotopic (exact) mass is 158 g/mol. The number of hydrogen-bond acceptors (Lipinski definition) is 3. The molecule has 1 fully saturated rings. The van der Waals surface area contributed by atoms with Crippen molar-refractivity contribution < 1.29 is 9.90 Å². The standard InChI is InChI=1S/C7H14N2O2/c1-6(11)9-3-2-8-4-7(9)5-10/h7-8,10H,2-5H2,1H3. The Labute approximate surface area is 66.2 Å². The number of amides is 1. The van der Waals surface area contributed by atoms with Gasteiger partial charge in [0.15, 0.2) is 0 Å². The van der Waals surface area contributed by atoms with E-state index in [4.69, 9.17) is 5.11 Å². The summed E-state index contributed by atoms with van der Waals surface area (Å²) in [5.74, 6) is 0.0468. The molecule has 0 aromatic carbocycles. The summed E-state index contributed by atoms with van der Waals surface area (Å²) in [5, 5.41) is 12.0. The number of carbonyl (C=O) groups excluding carboxylic acids is 1. The quantitative estimate of drug-likeness (QED) is 0.504. The molecule has 1 saturated heterocycles. The molecule has 1 rings (SSSR count). The third-order valence-corrected chi connectivity index (χ3v) is 1.97. The maximum atomic E-state index is 11.0. The molecule has 0 bridgehead atoms. The van der Waals surface area contributed by atoms with Crippen LogP contribution in [-0.2, 0) is 4.79 Å². The summed E-state index contributed by atoms with van der Waals surface area (Å²) in [7, 11) is 0. The van der Waals surface area contributed by atoms with Crippen LogP contribution in [0, 0.1) is 0 Å². The lowest BCUT2D eigenvalue weighted by Gasteiger charge is -2.34. The number of hydrogen-bond donors (Lipinski definition) is 2. The van der Waals surface area contributed by atoms with E-state index in [1.807, 2.05) is 0 Å². The van der Waals surface area contributed by atoms with Crippen molar-refractivity contribution in [1.29, 1.82) is 0 Å². The van der Waals surface area contributed by atoms with Crippen LogP contribution in [0.2, 0.25) is 0 Å². The Balaban J connectivity index is 2.51. The van der Waals surface area contributed by atoms with Crippen molar-refractivity contribution >= 4 is 5.91 Å². The zero-order valence-electron chi connectivity index (χ0n) is 6.71. The van der Waals surface area contributed by atoms with E-state index >= 15 is 0 Å². The minimum Gasteiger partial charge on any atom is -0.394 e. The van der Waals surface area contributed by atoms with Gasteiger partial charge in [-0.1, -0.05) is 0 Å². The van der Waals surface area contributed by atoms with Crippen molar-refractivity contribution in [3.05, 3.63) is 0 Å². The van der Waals surface area contributed by atoms with Crippen molar-refractivity contribution in [3.8, 4) is 0 Å². The second kappa shape index (κ2) is 3.69. The Kier molecular flexibility index (Phi) is 2.84. The van der Waals surface area contributed by atoms with Gasteiger partial charge in [0.05, 0.1) is 12.6 Å². The molecule has 1 heterocycles. The van der Waals surface area contributed by atoms with E-state index in [1.165, 1.54) is 6.92 Å². The van der Waals surface area contributed by atoms with E-state index in [0.29, 0.717) is 13.1 Å². The van der Waals surface area contributed by atoms with Gasteiger partial charge in [-0.25, -0.2) is 0 Å². The lowest BCUT2D eigenvalue weighted by molar-refractivity contribution is -0.132. The fourth-order valence-electron chi connectivity index (χ4n) is 1.34. The fourth-order valence-corrected chi connectivity index (χ4v) is 1.34. The Hall–Kier alpha value is -0.610. The van der Waals surface area contributed by atoms with Crippen molar-refractivity contribution in [2.75, 3.05) is 26.2 Å². The van der Waals surface area contributed by atoms with Gasteiger partial charge in [0.2, 0.25) is 5.91 Å². The lowest BCUT2D eigenvalue weighted by Crippen LogP contribution is -2.54. The van der Waals surface area contributed by atoms with E-state index in [1.54, 1.807) is 4.90 Å². The van der Waals surface area contributed by atoms with Gasteiger partial charge in [-0.3, -0.25) is 4.79 Å². The highest BCUT2D eigenvalue weighted by atomic mass is 16.3. The third kappa shape index (κ3) is 1.91. The van der Waals surface area contributed by atoms with E-state index in [9.17, 15) is 4.79 Å². The van der Waals surface area contributed by atoms with Gasteiger partial charge < -0.3 is 15.3 Å². The van der Waals surface area contributed by atoms with Crippen LogP contribution in [0.1, 0.15) is 6.92 Å². The van der Waals surface area contributed by atoms with E-state index in [0.717, 1.165) is 6.54 Å². The summed E-state index contributed by atoms with van der Waals surface area (Å²) in [5.41, 5.74) is 0. The summed E-state index contributed by atoms with van der Waals surface area (Å²) in [4.78, 5) is 12.7. The second-order valence-electron chi connectivity index (χ2n) is 2.75. The van der Waals surface area contributed by atoms with Gasteiger partial charge in [-0.05, 0) is 0 Å². The molecule has 1 aliphatic heterocycles. The zero-order valence-corrected chi connectivity index (χ0v) is 6.71. The van der Waals surface area contributed by atoms with Crippen molar-refractivity contribution in [2.24, 2.45) is 0 Å². The molecule has 1 aliphatic rings. The first-order valence-corrected chi connectivity index (χ1v) is 3.84. The first kappa shape index (κ1) is 8.49. The number of aliphatic hydroxyl groups is 1. The van der Waals surface area contributed by atoms with Crippen LogP contribution in [0.3, 0.4) is 0 Å². The van der Waals surface area contributed by atoms with Gasteiger partial charge in [-0.15, -0.1) is 0 Å². The molecule has 0 aromatic heterocycles. The van der Waals surface area contributed by atoms with E-state index in [-0.39, 0.29) is 18.6 Å². The minimum absolute atomic E-state index is 0.0266. The molecule has 1 atom stereocenters. The second-order valence-corrected chi connectivity index (χ2v) is 2.75. The molecule has 4 nitrogen and oxygen atoms in total. The molecule has 0 aliphatic carbocycles. The maximum absolute atomic E-state index is 11.0.